The lowest BCUT2D eigenvalue weighted by molar-refractivity contribution is -0.0253. The molecule has 1 saturated heterocycles. The Bertz CT molecular complexity index is 277. The molecule has 3 nitrogen and oxygen atoms in total. The van der Waals surface area contributed by atoms with Crippen molar-refractivity contribution in [1.82, 2.24) is 4.90 Å². The van der Waals surface area contributed by atoms with Crippen molar-refractivity contribution in [2.45, 2.75) is 25.9 Å². The van der Waals surface area contributed by atoms with Crippen LogP contribution in [0.25, 0.3) is 0 Å². The minimum Gasteiger partial charge on any atom is -0.488 e. The number of hydrogen-bond donors (Lipinski definition) is 1. The first-order valence-electron chi connectivity index (χ1n) is 5.67. The van der Waals surface area contributed by atoms with Gasteiger partial charge in [-0.05, 0) is 31.4 Å². The third-order valence-corrected chi connectivity index (χ3v) is 2.97. The molecule has 0 saturated carbocycles. The van der Waals surface area contributed by atoms with E-state index >= 15 is 0 Å². The quantitative estimate of drug-likeness (QED) is 0.757. The second-order valence-corrected chi connectivity index (χ2v) is 4.26. The Kier molecular flexibility index (Phi) is 3.44. The fourth-order valence-corrected chi connectivity index (χ4v) is 2.02. The molecule has 0 spiro atoms. The van der Waals surface area contributed by atoms with Crippen molar-refractivity contribution < 1.29 is 9.84 Å². The molecule has 15 heavy (non-hydrogen) atoms. The Morgan fingerprint density at radius 1 is 1.40 bits per heavy atom. The highest BCUT2D eigenvalue weighted by Gasteiger charge is 2.28. The summed E-state index contributed by atoms with van der Waals surface area (Å²) in [6.45, 7) is 5.02. The highest BCUT2D eigenvalue weighted by atomic mass is 16.5. The van der Waals surface area contributed by atoms with Gasteiger partial charge in [0.25, 0.3) is 0 Å². The molecule has 2 aliphatic rings. The van der Waals surface area contributed by atoms with Gasteiger partial charge >= 0.3 is 0 Å². The summed E-state index contributed by atoms with van der Waals surface area (Å²) in [5.41, 5.74) is 1.27. The van der Waals surface area contributed by atoms with E-state index in [1.807, 2.05) is 0 Å². The summed E-state index contributed by atoms with van der Waals surface area (Å²) < 4.78 is 5.89. The lowest BCUT2D eigenvalue weighted by Gasteiger charge is -2.39. The van der Waals surface area contributed by atoms with Crippen molar-refractivity contribution in [1.29, 1.82) is 0 Å². The van der Waals surface area contributed by atoms with Crippen molar-refractivity contribution in [2.75, 3.05) is 26.2 Å². The minimum absolute atomic E-state index is 0.244. The van der Waals surface area contributed by atoms with E-state index in [2.05, 4.69) is 24.0 Å². The normalized spacial score (nSPS) is 23.1. The fourth-order valence-electron chi connectivity index (χ4n) is 2.02. The van der Waals surface area contributed by atoms with Crippen LogP contribution in [0.5, 0.6) is 0 Å². The van der Waals surface area contributed by atoms with Gasteiger partial charge in [-0.1, -0.05) is 6.08 Å². The number of rotatable bonds is 4. The zero-order valence-electron chi connectivity index (χ0n) is 9.28. The molecule has 1 fully saturated rings. The van der Waals surface area contributed by atoms with Crippen LogP contribution in [0, 0.1) is 0 Å². The average molecular weight is 209 g/mol. The molecule has 1 aliphatic heterocycles. The van der Waals surface area contributed by atoms with Gasteiger partial charge in [0.05, 0.1) is 6.61 Å². The van der Waals surface area contributed by atoms with E-state index < -0.39 is 0 Å². The number of aliphatic hydroxyl groups excluding tert-OH is 1. The number of allylic oxidation sites excluding steroid dienone is 3. The minimum atomic E-state index is 0.244. The molecule has 0 unspecified atom stereocenters. The van der Waals surface area contributed by atoms with Gasteiger partial charge in [-0.25, -0.2) is 0 Å². The van der Waals surface area contributed by atoms with Crippen LogP contribution in [0.4, 0.5) is 0 Å². The molecular formula is C12H19NO2. The number of ether oxygens (including phenoxy) is 1. The summed E-state index contributed by atoms with van der Waals surface area (Å²) in [4.78, 5) is 2.20. The van der Waals surface area contributed by atoms with Gasteiger partial charge in [0.15, 0.2) is 0 Å². The van der Waals surface area contributed by atoms with Gasteiger partial charge in [-0.3, -0.25) is 4.90 Å². The predicted octanol–water partition coefficient (Wildman–Crippen LogP) is 1.30. The molecular weight excluding hydrogens is 190 g/mol. The van der Waals surface area contributed by atoms with E-state index in [4.69, 9.17) is 9.84 Å². The van der Waals surface area contributed by atoms with Crippen molar-refractivity contribution in [3.05, 3.63) is 23.5 Å². The number of nitrogens with zero attached hydrogens (tertiary/aromatic N) is 1. The van der Waals surface area contributed by atoms with Crippen LogP contribution in [0.2, 0.25) is 0 Å². The second kappa shape index (κ2) is 4.81. The van der Waals surface area contributed by atoms with Crippen molar-refractivity contribution in [2.24, 2.45) is 0 Å². The summed E-state index contributed by atoms with van der Waals surface area (Å²) in [5, 5.41) is 8.75. The van der Waals surface area contributed by atoms with E-state index in [9.17, 15) is 0 Å². The standard InChI is InChI=1S/C12H19NO2/c1-10-4-2-3-5-12(10)15-11-8-13(9-11)6-7-14/h4-5,11,14H,2-3,6-9H2,1H3. The van der Waals surface area contributed by atoms with Crippen LogP contribution >= 0.6 is 0 Å². The highest BCUT2D eigenvalue weighted by molar-refractivity contribution is 5.27. The lowest BCUT2D eigenvalue weighted by Crippen LogP contribution is -2.52. The average Bonchev–Trinajstić information content (AvgIpc) is 2.18. The number of likely N-dealkylation sites (tertiary alicyclic amines) is 1. The second-order valence-electron chi connectivity index (χ2n) is 4.26. The molecule has 0 aromatic rings. The van der Waals surface area contributed by atoms with Crippen LogP contribution in [-0.4, -0.2) is 42.4 Å². The molecule has 0 radical (unpaired) electrons. The Morgan fingerprint density at radius 2 is 2.13 bits per heavy atom. The van der Waals surface area contributed by atoms with Gasteiger partial charge in [-0.2, -0.15) is 0 Å². The molecule has 0 aromatic carbocycles. The molecule has 1 aliphatic carbocycles. The summed E-state index contributed by atoms with van der Waals surface area (Å²) in [7, 11) is 0. The van der Waals surface area contributed by atoms with E-state index in [1.54, 1.807) is 0 Å². The Hall–Kier alpha value is -0.800. The van der Waals surface area contributed by atoms with Crippen LogP contribution in [0.3, 0.4) is 0 Å². The largest absolute Gasteiger partial charge is 0.488 e. The molecule has 2 rings (SSSR count). The molecule has 0 aromatic heterocycles. The Labute approximate surface area is 91.0 Å². The maximum absolute atomic E-state index is 8.75. The van der Waals surface area contributed by atoms with Gasteiger partial charge in [0, 0.05) is 19.6 Å². The van der Waals surface area contributed by atoms with Gasteiger partial charge in [-0.15, -0.1) is 0 Å². The number of aliphatic hydroxyl groups is 1. The van der Waals surface area contributed by atoms with E-state index in [0.29, 0.717) is 6.10 Å². The fraction of sp³-hybridized carbons (Fsp3) is 0.667. The van der Waals surface area contributed by atoms with E-state index in [1.165, 1.54) is 5.57 Å². The first-order valence-corrected chi connectivity index (χ1v) is 5.67. The van der Waals surface area contributed by atoms with Gasteiger partial charge in [0.2, 0.25) is 0 Å². The smallest absolute Gasteiger partial charge is 0.124 e. The molecule has 84 valence electrons. The first-order chi connectivity index (χ1) is 7.29. The zero-order chi connectivity index (χ0) is 10.7. The summed E-state index contributed by atoms with van der Waals surface area (Å²) >= 11 is 0. The number of β-amino-alcohol motifs (C(OH)–C–C–N with tert-alkyl or cyclic N) is 1. The zero-order valence-corrected chi connectivity index (χ0v) is 9.28. The number of hydrogen-bond acceptors (Lipinski definition) is 3. The maximum atomic E-state index is 8.75. The Balaban J connectivity index is 1.75. The molecule has 0 atom stereocenters. The van der Waals surface area contributed by atoms with Crippen LogP contribution in [-0.2, 0) is 4.74 Å². The van der Waals surface area contributed by atoms with E-state index in [-0.39, 0.29) is 6.61 Å². The maximum Gasteiger partial charge on any atom is 0.124 e. The predicted molar refractivity (Wildman–Crippen MR) is 59.5 cm³/mol. The SMILES string of the molecule is CC1=CCCC=C1OC1CN(CCO)C1. The summed E-state index contributed by atoms with van der Waals surface area (Å²) in [6.07, 6.45) is 6.98. The summed E-state index contributed by atoms with van der Waals surface area (Å²) in [6, 6.07) is 0. The molecule has 3 heteroatoms. The molecule has 1 heterocycles. The monoisotopic (exact) mass is 209 g/mol. The third-order valence-electron chi connectivity index (χ3n) is 2.97. The molecule has 0 bridgehead atoms. The molecule has 1 N–H and O–H groups in total. The highest BCUT2D eigenvalue weighted by Crippen LogP contribution is 2.23. The summed E-state index contributed by atoms with van der Waals surface area (Å²) in [5.74, 6) is 1.06. The van der Waals surface area contributed by atoms with Gasteiger partial charge < -0.3 is 9.84 Å². The van der Waals surface area contributed by atoms with Crippen molar-refractivity contribution >= 4 is 0 Å². The van der Waals surface area contributed by atoms with Crippen LogP contribution in [0.1, 0.15) is 19.8 Å². The Morgan fingerprint density at radius 3 is 2.80 bits per heavy atom. The first kappa shape index (κ1) is 10.7. The third kappa shape index (κ3) is 2.61. The van der Waals surface area contributed by atoms with Crippen LogP contribution < -0.4 is 0 Å². The van der Waals surface area contributed by atoms with Crippen molar-refractivity contribution in [3.63, 3.8) is 0 Å². The van der Waals surface area contributed by atoms with E-state index in [0.717, 1.165) is 38.2 Å². The molecule has 0 amide bonds. The van der Waals surface area contributed by atoms with Crippen LogP contribution in [0.15, 0.2) is 23.5 Å². The van der Waals surface area contributed by atoms with Gasteiger partial charge in [0.1, 0.15) is 11.9 Å². The topological polar surface area (TPSA) is 32.7 Å². The lowest BCUT2D eigenvalue weighted by atomic mass is 10.1. The van der Waals surface area contributed by atoms with Crippen molar-refractivity contribution in [3.8, 4) is 0 Å².